The molecule has 3 heteroatoms. The van der Waals surface area contributed by atoms with Gasteiger partial charge in [0, 0.05) is 26.8 Å². The van der Waals surface area contributed by atoms with E-state index in [1.54, 1.807) is 7.11 Å². The van der Waals surface area contributed by atoms with Crippen LogP contribution in [0.15, 0.2) is 24.3 Å². The van der Waals surface area contributed by atoms with Crippen molar-refractivity contribution in [2.75, 3.05) is 27.3 Å². The topological polar surface area (TPSA) is 38.5 Å². The second-order valence-electron chi connectivity index (χ2n) is 4.41. The van der Waals surface area contributed by atoms with Crippen LogP contribution in [0.2, 0.25) is 0 Å². The summed E-state index contributed by atoms with van der Waals surface area (Å²) in [5, 5.41) is 0. The van der Waals surface area contributed by atoms with Crippen LogP contribution in [-0.2, 0) is 17.8 Å². The van der Waals surface area contributed by atoms with Gasteiger partial charge >= 0.3 is 0 Å². The highest BCUT2D eigenvalue weighted by Crippen LogP contribution is 2.10. The number of nitrogens with two attached hydrogens (primary N) is 1. The van der Waals surface area contributed by atoms with Crippen LogP contribution in [0.3, 0.4) is 0 Å². The molecular formula is C14H24N2O. The average molecular weight is 236 g/mol. The number of unbranched alkanes of at least 4 members (excludes halogenated alkanes) is 1. The van der Waals surface area contributed by atoms with Crippen molar-refractivity contribution in [1.29, 1.82) is 0 Å². The highest BCUT2D eigenvalue weighted by Gasteiger charge is 2.03. The lowest BCUT2D eigenvalue weighted by atomic mass is 10.1. The molecule has 3 nitrogen and oxygen atoms in total. The standard InChI is InChI=1S/C14H24N2O/c1-16(9-5-6-10-17-2)12-14-8-4-3-7-13(14)11-15/h3-4,7-8H,5-6,9-12,15H2,1-2H3. The van der Waals surface area contributed by atoms with Crippen LogP contribution in [0.25, 0.3) is 0 Å². The maximum Gasteiger partial charge on any atom is 0.0462 e. The first kappa shape index (κ1) is 14.2. The Bertz CT molecular complexity index is 315. The summed E-state index contributed by atoms with van der Waals surface area (Å²) in [7, 11) is 3.90. The molecule has 0 aliphatic rings. The van der Waals surface area contributed by atoms with Gasteiger partial charge in [0.05, 0.1) is 0 Å². The Kier molecular flexibility index (Phi) is 6.86. The molecule has 0 aliphatic carbocycles. The van der Waals surface area contributed by atoms with E-state index in [0.717, 1.165) is 26.1 Å². The minimum absolute atomic E-state index is 0.619. The first-order valence-electron chi connectivity index (χ1n) is 6.22. The Morgan fingerprint density at radius 2 is 1.88 bits per heavy atom. The maximum absolute atomic E-state index is 5.73. The Morgan fingerprint density at radius 3 is 2.53 bits per heavy atom. The molecule has 0 amide bonds. The zero-order chi connectivity index (χ0) is 12.5. The van der Waals surface area contributed by atoms with Crippen LogP contribution < -0.4 is 5.73 Å². The summed E-state index contributed by atoms with van der Waals surface area (Å²) in [5.74, 6) is 0. The monoisotopic (exact) mass is 236 g/mol. The van der Waals surface area contributed by atoms with E-state index in [4.69, 9.17) is 10.5 Å². The van der Waals surface area contributed by atoms with Crippen LogP contribution in [0.5, 0.6) is 0 Å². The summed E-state index contributed by atoms with van der Waals surface area (Å²) in [6.45, 7) is 3.55. The van der Waals surface area contributed by atoms with Crippen LogP contribution in [-0.4, -0.2) is 32.2 Å². The fraction of sp³-hybridized carbons (Fsp3) is 0.571. The number of hydrogen-bond acceptors (Lipinski definition) is 3. The largest absolute Gasteiger partial charge is 0.385 e. The summed E-state index contributed by atoms with van der Waals surface area (Å²) in [6.07, 6.45) is 2.30. The second-order valence-corrected chi connectivity index (χ2v) is 4.41. The van der Waals surface area contributed by atoms with Gasteiger partial charge in [-0.1, -0.05) is 24.3 Å². The van der Waals surface area contributed by atoms with Crippen molar-refractivity contribution >= 4 is 0 Å². The number of methoxy groups -OCH3 is 1. The highest BCUT2D eigenvalue weighted by atomic mass is 16.5. The molecule has 1 rings (SSSR count). The molecule has 0 spiro atoms. The van der Waals surface area contributed by atoms with Gasteiger partial charge in [0.25, 0.3) is 0 Å². The molecule has 0 fully saturated rings. The van der Waals surface area contributed by atoms with Gasteiger partial charge < -0.3 is 15.4 Å². The van der Waals surface area contributed by atoms with Crippen molar-refractivity contribution in [2.24, 2.45) is 5.73 Å². The van der Waals surface area contributed by atoms with Gasteiger partial charge in [0.2, 0.25) is 0 Å². The van der Waals surface area contributed by atoms with Crippen LogP contribution in [0.4, 0.5) is 0 Å². The average Bonchev–Trinajstić information content (AvgIpc) is 2.35. The van der Waals surface area contributed by atoms with E-state index < -0.39 is 0 Å². The van der Waals surface area contributed by atoms with Gasteiger partial charge in [-0.25, -0.2) is 0 Å². The first-order valence-corrected chi connectivity index (χ1v) is 6.22. The van der Waals surface area contributed by atoms with Gasteiger partial charge in [-0.2, -0.15) is 0 Å². The number of hydrogen-bond donors (Lipinski definition) is 1. The molecule has 0 saturated heterocycles. The summed E-state index contributed by atoms with van der Waals surface area (Å²) in [6, 6.07) is 8.39. The van der Waals surface area contributed by atoms with E-state index in [1.807, 2.05) is 6.07 Å². The molecule has 0 aliphatic heterocycles. The highest BCUT2D eigenvalue weighted by molar-refractivity contribution is 5.26. The normalized spacial score (nSPS) is 11.1. The molecule has 96 valence electrons. The van der Waals surface area contributed by atoms with E-state index in [0.29, 0.717) is 6.54 Å². The molecule has 0 bridgehead atoms. The third-order valence-electron chi connectivity index (χ3n) is 2.92. The second kappa shape index (κ2) is 8.23. The van der Waals surface area contributed by atoms with Crippen LogP contribution >= 0.6 is 0 Å². The van der Waals surface area contributed by atoms with E-state index in [-0.39, 0.29) is 0 Å². The number of benzene rings is 1. The van der Waals surface area contributed by atoms with Crippen molar-refractivity contribution in [3.8, 4) is 0 Å². The van der Waals surface area contributed by atoms with E-state index in [9.17, 15) is 0 Å². The summed E-state index contributed by atoms with van der Waals surface area (Å²) >= 11 is 0. The molecule has 0 aromatic heterocycles. The molecule has 1 aromatic rings. The molecule has 0 unspecified atom stereocenters. The first-order chi connectivity index (χ1) is 8.27. The van der Waals surface area contributed by atoms with E-state index >= 15 is 0 Å². The zero-order valence-corrected chi connectivity index (χ0v) is 11.0. The summed E-state index contributed by atoms with van der Waals surface area (Å²) in [5.41, 5.74) is 8.31. The SMILES string of the molecule is COCCCCN(C)Cc1ccccc1CN. The fourth-order valence-corrected chi connectivity index (χ4v) is 1.91. The molecule has 0 heterocycles. The summed E-state index contributed by atoms with van der Waals surface area (Å²) in [4.78, 5) is 2.34. The fourth-order valence-electron chi connectivity index (χ4n) is 1.91. The van der Waals surface area contributed by atoms with Gasteiger partial charge in [-0.15, -0.1) is 0 Å². The Morgan fingerprint density at radius 1 is 1.18 bits per heavy atom. The Labute approximate surface area is 105 Å². The smallest absolute Gasteiger partial charge is 0.0462 e. The number of ether oxygens (including phenoxy) is 1. The lowest BCUT2D eigenvalue weighted by Crippen LogP contribution is -2.20. The molecule has 2 N–H and O–H groups in total. The van der Waals surface area contributed by atoms with Crippen molar-refractivity contribution in [2.45, 2.75) is 25.9 Å². The predicted octanol–water partition coefficient (Wildman–Crippen LogP) is 2.00. The Balaban J connectivity index is 2.36. The van der Waals surface area contributed by atoms with Crippen LogP contribution in [0, 0.1) is 0 Å². The number of rotatable bonds is 8. The molecular weight excluding hydrogens is 212 g/mol. The van der Waals surface area contributed by atoms with E-state index in [2.05, 4.69) is 30.1 Å². The van der Waals surface area contributed by atoms with Crippen molar-refractivity contribution in [3.63, 3.8) is 0 Å². The lowest BCUT2D eigenvalue weighted by molar-refractivity contribution is 0.186. The molecule has 1 aromatic carbocycles. The van der Waals surface area contributed by atoms with Gasteiger partial charge in [-0.05, 0) is 37.6 Å². The van der Waals surface area contributed by atoms with Crippen LogP contribution in [0.1, 0.15) is 24.0 Å². The number of nitrogens with zero attached hydrogens (tertiary/aromatic N) is 1. The van der Waals surface area contributed by atoms with Gasteiger partial charge in [-0.3, -0.25) is 0 Å². The quantitative estimate of drug-likeness (QED) is 0.702. The van der Waals surface area contributed by atoms with Gasteiger partial charge in [0.15, 0.2) is 0 Å². The maximum atomic E-state index is 5.73. The third kappa shape index (κ3) is 5.31. The Hall–Kier alpha value is -0.900. The van der Waals surface area contributed by atoms with Gasteiger partial charge in [0.1, 0.15) is 0 Å². The lowest BCUT2D eigenvalue weighted by Gasteiger charge is -2.18. The predicted molar refractivity (Wildman–Crippen MR) is 71.8 cm³/mol. The van der Waals surface area contributed by atoms with E-state index in [1.165, 1.54) is 17.5 Å². The zero-order valence-electron chi connectivity index (χ0n) is 11.0. The summed E-state index contributed by atoms with van der Waals surface area (Å²) < 4.78 is 5.04. The van der Waals surface area contributed by atoms with Crippen molar-refractivity contribution in [3.05, 3.63) is 35.4 Å². The third-order valence-corrected chi connectivity index (χ3v) is 2.92. The molecule has 0 atom stereocenters. The molecule has 0 saturated carbocycles. The minimum atomic E-state index is 0.619. The van der Waals surface area contributed by atoms with Crippen molar-refractivity contribution < 1.29 is 4.74 Å². The molecule has 17 heavy (non-hydrogen) atoms. The van der Waals surface area contributed by atoms with Crippen molar-refractivity contribution in [1.82, 2.24) is 4.90 Å². The minimum Gasteiger partial charge on any atom is -0.385 e. The molecule has 0 radical (unpaired) electrons.